The van der Waals surface area contributed by atoms with E-state index >= 15 is 0 Å². The van der Waals surface area contributed by atoms with Gasteiger partial charge in [0.05, 0.1) is 16.5 Å². The van der Waals surface area contributed by atoms with Crippen LogP contribution >= 0.6 is 34.8 Å². The summed E-state index contributed by atoms with van der Waals surface area (Å²) in [6.45, 7) is 2.09. The first-order valence-corrected chi connectivity index (χ1v) is 11.7. The third-order valence-corrected chi connectivity index (χ3v) is 6.72. The van der Waals surface area contributed by atoms with Crippen molar-refractivity contribution in [2.24, 2.45) is 0 Å². The molecular weight excluding hydrogens is 455 g/mol. The molecule has 2 aromatic carbocycles. The molecule has 2 aromatic rings. The van der Waals surface area contributed by atoms with Crippen LogP contribution in [0.3, 0.4) is 0 Å². The highest BCUT2D eigenvalue weighted by molar-refractivity contribution is 6.42. The molecule has 1 unspecified atom stereocenters. The van der Waals surface area contributed by atoms with Crippen LogP contribution in [0.4, 0.5) is 0 Å². The normalized spacial score (nSPS) is 15.4. The molecule has 0 aromatic heterocycles. The highest BCUT2D eigenvalue weighted by Crippen LogP contribution is 2.24. The second-order valence-corrected chi connectivity index (χ2v) is 9.34. The lowest BCUT2D eigenvalue weighted by atomic mass is 9.95. The molecule has 1 atom stereocenters. The molecule has 0 saturated heterocycles. The molecule has 1 aliphatic carbocycles. The van der Waals surface area contributed by atoms with Crippen molar-refractivity contribution < 1.29 is 9.59 Å². The Kier molecular flexibility index (Phi) is 8.65. The van der Waals surface area contributed by atoms with Gasteiger partial charge in [0.1, 0.15) is 6.04 Å². The van der Waals surface area contributed by atoms with E-state index in [0.29, 0.717) is 21.6 Å². The largest absolute Gasteiger partial charge is 0.352 e. The minimum absolute atomic E-state index is 0.122. The van der Waals surface area contributed by atoms with Gasteiger partial charge in [0.25, 0.3) is 0 Å². The molecule has 0 spiro atoms. The number of carbonyl (C=O) groups is 2. The van der Waals surface area contributed by atoms with Gasteiger partial charge in [0.2, 0.25) is 11.8 Å². The average Bonchev–Trinajstić information content (AvgIpc) is 2.76. The molecule has 166 valence electrons. The van der Waals surface area contributed by atoms with Gasteiger partial charge in [-0.15, -0.1) is 0 Å². The van der Waals surface area contributed by atoms with Crippen LogP contribution in [0.5, 0.6) is 0 Å². The molecule has 1 N–H and O–H groups in total. The van der Waals surface area contributed by atoms with Crippen molar-refractivity contribution in [3.63, 3.8) is 0 Å². The molecule has 1 aliphatic rings. The van der Waals surface area contributed by atoms with Crippen LogP contribution in [0.25, 0.3) is 0 Å². The lowest BCUT2D eigenvalue weighted by Crippen LogP contribution is -2.50. The first-order valence-electron chi connectivity index (χ1n) is 10.6. The topological polar surface area (TPSA) is 49.4 Å². The van der Waals surface area contributed by atoms with E-state index in [1.165, 1.54) is 6.42 Å². The van der Waals surface area contributed by atoms with Gasteiger partial charge in [-0.3, -0.25) is 9.59 Å². The number of benzene rings is 2. The summed E-state index contributed by atoms with van der Waals surface area (Å²) in [6.07, 6.45) is 5.59. The van der Waals surface area contributed by atoms with Gasteiger partial charge in [0, 0.05) is 17.6 Å². The van der Waals surface area contributed by atoms with Gasteiger partial charge in [-0.25, -0.2) is 0 Å². The number of carbonyl (C=O) groups excluding carboxylic acids is 2. The molecule has 4 nitrogen and oxygen atoms in total. The van der Waals surface area contributed by atoms with Crippen LogP contribution < -0.4 is 5.32 Å². The number of nitrogens with zero attached hydrogens (tertiary/aromatic N) is 1. The molecule has 0 radical (unpaired) electrons. The summed E-state index contributed by atoms with van der Waals surface area (Å²) in [5.74, 6) is -0.275. The van der Waals surface area contributed by atoms with Crippen LogP contribution in [0.1, 0.15) is 50.2 Å². The van der Waals surface area contributed by atoms with Crippen LogP contribution in [-0.2, 0) is 22.6 Å². The van der Waals surface area contributed by atoms with Crippen molar-refractivity contribution in [3.05, 3.63) is 68.7 Å². The van der Waals surface area contributed by atoms with Crippen LogP contribution in [0.2, 0.25) is 15.1 Å². The Morgan fingerprint density at radius 3 is 2.26 bits per heavy atom. The van der Waals surface area contributed by atoms with Gasteiger partial charge in [0.15, 0.2) is 0 Å². The van der Waals surface area contributed by atoms with Gasteiger partial charge < -0.3 is 10.2 Å². The SMILES string of the molecule is CC(C(=O)NC1CCCCC1)N(Cc1ccc(Cl)cc1)C(=O)Cc1ccc(Cl)c(Cl)c1. The van der Waals surface area contributed by atoms with E-state index < -0.39 is 6.04 Å². The molecule has 1 fully saturated rings. The van der Waals surface area contributed by atoms with E-state index in [4.69, 9.17) is 34.8 Å². The number of hydrogen-bond acceptors (Lipinski definition) is 2. The number of halogens is 3. The molecule has 1 saturated carbocycles. The number of rotatable bonds is 7. The lowest BCUT2D eigenvalue weighted by Gasteiger charge is -2.31. The van der Waals surface area contributed by atoms with Crippen LogP contribution in [0, 0.1) is 0 Å². The third kappa shape index (κ3) is 6.86. The molecular formula is C24H27Cl3N2O2. The summed E-state index contributed by atoms with van der Waals surface area (Å²) in [5, 5.41) is 4.61. The molecule has 0 bridgehead atoms. The van der Waals surface area contributed by atoms with E-state index in [2.05, 4.69) is 5.32 Å². The zero-order valence-electron chi connectivity index (χ0n) is 17.5. The quantitative estimate of drug-likeness (QED) is 0.523. The lowest BCUT2D eigenvalue weighted by molar-refractivity contribution is -0.140. The minimum Gasteiger partial charge on any atom is -0.352 e. The molecule has 7 heteroatoms. The maximum atomic E-state index is 13.3. The molecule has 0 heterocycles. The molecule has 3 rings (SSSR count). The second kappa shape index (κ2) is 11.2. The van der Waals surface area contributed by atoms with Crippen LogP contribution in [0.15, 0.2) is 42.5 Å². The van der Waals surface area contributed by atoms with Crippen LogP contribution in [-0.4, -0.2) is 28.8 Å². The Labute approximate surface area is 198 Å². The first-order chi connectivity index (χ1) is 14.8. The summed E-state index contributed by atoms with van der Waals surface area (Å²) in [4.78, 5) is 27.9. The number of nitrogens with one attached hydrogen (secondary N) is 1. The fourth-order valence-electron chi connectivity index (χ4n) is 3.86. The zero-order valence-corrected chi connectivity index (χ0v) is 19.8. The average molecular weight is 482 g/mol. The van der Waals surface area contributed by atoms with Crippen molar-refractivity contribution in [1.82, 2.24) is 10.2 Å². The molecule has 0 aliphatic heterocycles. The Balaban J connectivity index is 1.76. The Bertz CT molecular complexity index is 912. The molecule has 31 heavy (non-hydrogen) atoms. The summed E-state index contributed by atoms with van der Waals surface area (Å²) in [5.41, 5.74) is 1.66. The second-order valence-electron chi connectivity index (χ2n) is 8.09. The minimum atomic E-state index is -0.604. The van der Waals surface area contributed by atoms with Gasteiger partial charge in [-0.1, -0.05) is 72.3 Å². The summed E-state index contributed by atoms with van der Waals surface area (Å²) < 4.78 is 0. The fourth-order valence-corrected chi connectivity index (χ4v) is 4.31. The monoisotopic (exact) mass is 480 g/mol. The van der Waals surface area contributed by atoms with Crippen molar-refractivity contribution in [2.45, 2.75) is 64.1 Å². The number of hydrogen-bond donors (Lipinski definition) is 1. The van der Waals surface area contributed by atoms with E-state index in [-0.39, 0.29) is 24.3 Å². The fraction of sp³-hybridized carbons (Fsp3) is 0.417. The Morgan fingerprint density at radius 2 is 1.61 bits per heavy atom. The maximum absolute atomic E-state index is 13.3. The van der Waals surface area contributed by atoms with E-state index in [1.54, 1.807) is 42.2 Å². The van der Waals surface area contributed by atoms with E-state index in [9.17, 15) is 9.59 Å². The van der Waals surface area contributed by atoms with E-state index in [1.807, 2.05) is 12.1 Å². The smallest absolute Gasteiger partial charge is 0.242 e. The Morgan fingerprint density at radius 1 is 0.968 bits per heavy atom. The summed E-state index contributed by atoms with van der Waals surface area (Å²) in [6, 6.07) is 12.0. The molecule has 2 amide bonds. The first kappa shape index (κ1) is 23.9. The van der Waals surface area contributed by atoms with Gasteiger partial charge in [-0.05, 0) is 55.2 Å². The maximum Gasteiger partial charge on any atom is 0.242 e. The standard InChI is InChI=1S/C24H27Cl3N2O2/c1-16(24(31)28-20-5-3-2-4-6-20)29(15-17-7-10-19(25)11-8-17)23(30)14-18-9-12-21(26)22(27)13-18/h7-13,16,20H,2-6,14-15H2,1H3,(H,28,31). The predicted molar refractivity (Wildman–Crippen MR) is 127 cm³/mol. The third-order valence-electron chi connectivity index (χ3n) is 5.72. The van der Waals surface area contributed by atoms with Crippen molar-refractivity contribution in [1.29, 1.82) is 0 Å². The highest BCUT2D eigenvalue weighted by atomic mass is 35.5. The number of amides is 2. The zero-order chi connectivity index (χ0) is 22.4. The van der Waals surface area contributed by atoms with Gasteiger partial charge >= 0.3 is 0 Å². The van der Waals surface area contributed by atoms with Crippen molar-refractivity contribution in [2.75, 3.05) is 0 Å². The van der Waals surface area contributed by atoms with Crippen molar-refractivity contribution in [3.8, 4) is 0 Å². The predicted octanol–water partition coefficient (Wildman–Crippen LogP) is 6.06. The van der Waals surface area contributed by atoms with Crippen molar-refractivity contribution >= 4 is 46.6 Å². The van der Waals surface area contributed by atoms with Gasteiger partial charge in [-0.2, -0.15) is 0 Å². The summed E-state index contributed by atoms with van der Waals surface area (Å²) in [7, 11) is 0. The van der Waals surface area contributed by atoms with E-state index in [0.717, 1.165) is 36.8 Å². The Hall–Kier alpha value is -1.75. The highest BCUT2D eigenvalue weighted by Gasteiger charge is 2.28. The summed E-state index contributed by atoms with van der Waals surface area (Å²) >= 11 is 18.1.